The van der Waals surface area contributed by atoms with E-state index in [1.54, 1.807) is 24.1 Å². The molecule has 0 saturated heterocycles. The van der Waals surface area contributed by atoms with E-state index in [0.717, 1.165) is 12.0 Å². The molecule has 0 aliphatic heterocycles. The van der Waals surface area contributed by atoms with Gasteiger partial charge in [-0.3, -0.25) is 9.48 Å². The average Bonchev–Trinajstić information content (AvgIpc) is 2.84. The van der Waals surface area contributed by atoms with Gasteiger partial charge in [0, 0.05) is 13.2 Å². The second-order valence-electron chi connectivity index (χ2n) is 4.75. The maximum Gasteiger partial charge on any atom is 0.254 e. The SMILES string of the molecule is CCC(NC(=O)c1cnn(C)c1)c1ccc(C)cc1. The molecule has 1 unspecified atom stereocenters. The molecule has 0 fully saturated rings. The van der Waals surface area contributed by atoms with Crippen molar-refractivity contribution in [3.8, 4) is 0 Å². The van der Waals surface area contributed by atoms with Crippen LogP contribution in [-0.2, 0) is 7.05 Å². The van der Waals surface area contributed by atoms with Gasteiger partial charge >= 0.3 is 0 Å². The number of nitrogens with zero attached hydrogens (tertiary/aromatic N) is 2. The van der Waals surface area contributed by atoms with Gasteiger partial charge in [-0.15, -0.1) is 0 Å². The van der Waals surface area contributed by atoms with Crippen molar-refractivity contribution in [3.63, 3.8) is 0 Å². The first-order valence-corrected chi connectivity index (χ1v) is 6.46. The van der Waals surface area contributed by atoms with E-state index in [1.807, 2.05) is 0 Å². The van der Waals surface area contributed by atoms with Crippen LogP contribution in [0.2, 0.25) is 0 Å². The second-order valence-corrected chi connectivity index (χ2v) is 4.75. The van der Waals surface area contributed by atoms with Gasteiger partial charge in [-0.1, -0.05) is 36.8 Å². The largest absolute Gasteiger partial charge is 0.345 e. The highest BCUT2D eigenvalue weighted by molar-refractivity contribution is 5.93. The number of hydrogen-bond acceptors (Lipinski definition) is 2. The Morgan fingerprint density at radius 1 is 1.37 bits per heavy atom. The maximum atomic E-state index is 12.1. The Labute approximate surface area is 113 Å². The first kappa shape index (κ1) is 13.3. The Morgan fingerprint density at radius 2 is 2.05 bits per heavy atom. The van der Waals surface area contributed by atoms with Crippen molar-refractivity contribution in [2.45, 2.75) is 26.3 Å². The molecule has 1 aromatic heterocycles. The lowest BCUT2D eigenvalue weighted by atomic mass is 10.0. The Balaban J connectivity index is 2.11. The van der Waals surface area contributed by atoms with Gasteiger partial charge in [0.05, 0.1) is 17.8 Å². The van der Waals surface area contributed by atoms with Crippen molar-refractivity contribution in [2.75, 3.05) is 0 Å². The molecule has 4 heteroatoms. The zero-order valence-electron chi connectivity index (χ0n) is 11.6. The fourth-order valence-electron chi connectivity index (χ4n) is 2.00. The van der Waals surface area contributed by atoms with Crippen molar-refractivity contribution < 1.29 is 4.79 Å². The minimum atomic E-state index is -0.0828. The Hall–Kier alpha value is -2.10. The van der Waals surface area contributed by atoms with E-state index >= 15 is 0 Å². The van der Waals surface area contributed by atoms with Crippen LogP contribution in [0.1, 0.15) is 40.9 Å². The van der Waals surface area contributed by atoms with Crippen LogP contribution in [0.3, 0.4) is 0 Å². The van der Waals surface area contributed by atoms with E-state index in [4.69, 9.17) is 0 Å². The minimum Gasteiger partial charge on any atom is -0.345 e. The van der Waals surface area contributed by atoms with E-state index in [9.17, 15) is 4.79 Å². The first-order valence-electron chi connectivity index (χ1n) is 6.46. The summed E-state index contributed by atoms with van der Waals surface area (Å²) < 4.78 is 1.63. The van der Waals surface area contributed by atoms with Gasteiger partial charge in [0.15, 0.2) is 0 Å². The normalized spacial score (nSPS) is 12.2. The molecule has 1 aromatic carbocycles. The zero-order chi connectivity index (χ0) is 13.8. The van der Waals surface area contributed by atoms with Crippen LogP contribution in [0.4, 0.5) is 0 Å². The molecule has 1 N–H and O–H groups in total. The number of carbonyl (C=O) groups excluding carboxylic acids is 1. The molecule has 0 spiro atoms. The summed E-state index contributed by atoms with van der Waals surface area (Å²) in [7, 11) is 1.80. The number of aromatic nitrogens is 2. The van der Waals surface area contributed by atoms with Crippen molar-refractivity contribution in [1.29, 1.82) is 0 Å². The predicted molar refractivity (Wildman–Crippen MR) is 74.9 cm³/mol. The number of rotatable bonds is 4. The summed E-state index contributed by atoms with van der Waals surface area (Å²) in [6.07, 6.45) is 4.16. The molecule has 4 nitrogen and oxygen atoms in total. The fraction of sp³-hybridized carbons (Fsp3) is 0.333. The number of aryl methyl sites for hydroxylation is 2. The standard InChI is InChI=1S/C15H19N3O/c1-4-14(12-7-5-11(2)6-8-12)17-15(19)13-9-16-18(3)10-13/h5-10,14H,4H2,1-3H3,(H,17,19). The van der Waals surface area contributed by atoms with Crippen molar-refractivity contribution in [1.82, 2.24) is 15.1 Å². The molecule has 0 saturated carbocycles. The highest BCUT2D eigenvalue weighted by Gasteiger charge is 2.14. The average molecular weight is 257 g/mol. The van der Waals surface area contributed by atoms with Gasteiger partial charge in [0.25, 0.3) is 5.91 Å². The lowest BCUT2D eigenvalue weighted by Gasteiger charge is -2.17. The second kappa shape index (κ2) is 5.69. The predicted octanol–water partition coefficient (Wildman–Crippen LogP) is 2.61. The minimum absolute atomic E-state index is 0.0355. The van der Waals surface area contributed by atoms with Gasteiger partial charge in [-0.05, 0) is 18.9 Å². The molecule has 0 radical (unpaired) electrons. The van der Waals surface area contributed by atoms with E-state index in [0.29, 0.717) is 5.56 Å². The van der Waals surface area contributed by atoms with E-state index in [2.05, 4.69) is 48.5 Å². The van der Waals surface area contributed by atoms with E-state index in [1.165, 1.54) is 5.56 Å². The Morgan fingerprint density at radius 3 is 2.58 bits per heavy atom. The van der Waals surface area contributed by atoms with Crippen molar-refractivity contribution in [2.24, 2.45) is 7.05 Å². The topological polar surface area (TPSA) is 46.9 Å². The third-order valence-electron chi connectivity index (χ3n) is 3.16. The van der Waals surface area contributed by atoms with Crippen LogP contribution in [0.25, 0.3) is 0 Å². The monoisotopic (exact) mass is 257 g/mol. The van der Waals surface area contributed by atoms with Gasteiger partial charge in [0.2, 0.25) is 0 Å². The maximum absolute atomic E-state index is 12.1. The van der Waals surface area contributed by atoms with Crippen LogP contribution in [0, 0.1) is 6.92 Å². The summed E-state index contributed by atoms with van der Waals surface area (Å²) in [4.78, 5) is 12.1. The van der Waals surface area contributed by atoms with Crippen LogP contribution in [0.5, 0.6) is 0 Å². The summed E-state index contributed by atoms with van der Waals surface area (Å²) in [5.41, 5.74) is 2.94. The van der Waals surface area contributed by atoms with Crippen molar-refractivity contribution >= 4 is 5.91 Å². The van der Waals surface area contributed by atoms with E-state index in [-0.39, 0.29) is 11.9 Å². The molecule has 2 aromatic rings. The summed E-state index contributed by atoms with van der Waals surface area (Å²) in [6, 6.07) is 8.29. The first-order chi connectivity index (χ1) is 9.10. The van der Waals surface area contributed by atoms with Crippen molar-refractivity contribution in [3.05, 3.63) is 53.3 Å². The number of amides is 1. The summed E-state index contributed by atoms with van der Waals surface area (Å²) >= 11 is 0. The van der Waals surface area contributed by atoms with Gasteiger partial charge < -0.3 is 5.32 Å². The highest BCUT2D eigenvalue weighted by Crippen LogP contribution is 2.17. The molecule has 0 aliphatic carbocycles. The molecule has 0 bridgehead atoms. The highest BCUT2D eigenvalue weighted by atomic mass is 16.1. The van der Waals surface area contributed by atoms with Gasteiger partial charge in [-0.2, -0.15) is 5.10 Å². The van der Waals surface area contributed by atoms with E-state index < -0.39 is 0 Å². The lowest BCUT2D eigenvalue weighted by Crippen LogP contribution is -2.27. The smallest absolute Gasteiger partial charge is 0.254 e. The Bertz CT molecular complexity index is 557. The molecule has 19 heavy (non-hydrogen) atoms. The number of benzene rings is 1. The lowest BCUT2D eigenvalue weighted by molar-refractivity contribution is 0.0935. The molecular formula is C15H19N3O. The van der Waals surface area contributed by atoms with Crippen LogP contribution in [0.15, 0.2) is 36.7 Å². The zero-order valence-corrected chi connectivity index (χ0v) is 11.6. The van der Waals surface area contributed by atoms with Crippen LogP contribution >= 0.6 is 0 Å². The fourth-order valence-corrected chi connectivity index (χ4v) is 2.00. The molecular weight excluding hydrogens is 238 g/mol. The van der Waals surface area contributed by atoms with Gasteiger partial charge in [-0.25, -0.2) is 0 Å². The summed E-state index contributed by atoms with van der Waals surface area (Å²) in [5, 5.41) is 7.05. The molecule has 0 aliphatic rings. The molecule has 100 valence electrons. The third-order valence-corrected chi connectivity index (χ3v) is 3.16. The summed E-state index contributed by atoms with van der Waals surface area (Å²) in [5.74, 6) is -0.0828. The molecule has 2 rings (SSSR count). The van der Waals surface area contributed by atoms with Crippen LogP contribution < -0.4 is 5.32 Å². The molecule has 1 atom stereocenters. The van der Waals surface area contributed by atoms with Crippen LogP contribution in [-0.4, -0.2) is 15.7 Å². The summed E-state index contributed by atoms with van der Waals surface area (Å²) in [6.45, 7) is 4.12. The molecule has 1 amide bonds. The third kappa shape index (κ3) is 3.22. The number of hydrogen-bond donors (Lipinski definition) is 1. The quantitative estimate of drug-likeness (QED) is 0.915. The molecule has 1 heterocycles. The number of carbonyl (C=O) groups is 1. The Kier molecular flexibility index (Phi) is 4.00. The van der Waals surface area contributed by atoms with Gasteiger partial charge in [0.1, 0.15) is 0 Å². The number of nitrogens with one attached hydrogen (secondary N) is 1.